The normalized spacial score (nSPS) is 19.8. The second-order valence-corrected chi connectivity index (χ2v) is 10.4. The summed E-state index contributed by atoms with van der Waals surface area (Å²) in [6.45, 7) is 7.71. The Bertz CT molecular complexity index is 832. The molecule has 0 bridgehead atoms. The topological polar surface area (TPSA) is 48.8 Å². The zero-order valence-corrected chi connectivity index (χ0v) is 20.8. The van der Waals surface area contributed by atoms with Gasteiger partial charge in [0.25, 0.3) is 0 Å². The van der Waals surface area contributed by atoms with Crippen molar-refractivity contribution in [2.24, 2.45) is 0 Å². The van der Waals surface area contributed by atoms with Gasteiger partial charge in [-0.05, 0) is 49.6 Å². The van der Waals surface area contributed by atoms with Gasteiger partial charge in [-0.1, -0.05) is 49.6 Å². The van der Waals surface area contributed by atoms with Crippen LogP contribution in [-0.4, -0.2) is 65.3 Å². The van der Waals surface area contributed by atoms with E-state index in [-0.39, 0.29) is 6.61 Å². The van der Waals surface area contributed by atoms with Crippen molar-refractivity contribution in [1.82, 2.24) is 14.8 Å². The molecular formula is C27H39N3O2S. The maximum absolute atomic E-state index is 8.92. The summed E-state index contributed by atoms with van der Waals surface area (Å²) in [7, 11) is 0. The Kier molecular flexibility index (Phi) is 9.47. The molecule has 1 N–H and O–H groups in total. The van der Waals surface area contributed by atoms with Crippen LogP contribution in [0.25, 0.3) is 0 Å². The number of aromatic nitrogens is 1. The standard InChI is InChI=1S/C27H39N3O2S/c1-22(29-14-16-30(17-15-29)24-8-4-2-3-5-9-24)23-12-13-27(28-21-23)33-26-11-6-10-25(20-26)32-19-7-18-31/h6,10-13,20-22,24,31H,2-5,7-9,14-19H2,1H3/t22-/m0/s1. The number of hydrogen-bond donors (Lipinski definition) is 1. The number of aliphatic hydroxyl groups is 1. The second kappa shape index (κ2) is 12.7. The summed E-state index contributed by atoms with van der Waals surface area (Å²) < 4.78 is 5.69. The third-order valence-corrected chi connectivity index (χ3v) is 8.02. The van der Waals surface area contributed by atoms with Crippen molar-refractivity contribution in [3.63, 3.8) is 0 Å². The van der Waals surface area contributed by atoms with Crippen LogP contribution in [0.1, 0.15) is 63.5 Å². The first-order chi connectivity index (χ1) is 16.2. The average molecular weight is 470 g/mol. The molecule has 5 nitrogen and oxygen atoms in total. The Hall–Kier alpha value is -1.60. The predicted octanol–water partition coefficient (Wildman–Crippen LogP) is 5.40. The van der Waals surface area contributed by atoms with Crippen LogP contribution in [0.5, 0.6) is 5.75 Å². The van der Waals surface area contributed by atoms with Gasteiger partial charge < -0.3 is 9.84 Å². The molecule has 1 aromatic carbocycles. The van der Waals surface area contributed by atoms with E-state index in [1.54, 1.807) is 11.8 Å². The molecule has 0 radical (unpaired) electrons. The number of ether oxygens (including phenoxy) is 1. The van der Waals surface area contributed by atoms with E-state index in [9.17, 15) is 0 Å². The molecule has 2 fully saturated rings. The molecule has 33 heavy (non-hydrogen) atoms. The maximum atomic E-state index is 8.92. The minimum atomic E-state index is 0.152. The van der Waals surface area contributed by atoms with Crippen molar-refractivity contribution < 1.29 is 9.84 Å². The fraction of sp³-hybridized carbons (Fsp3) is 0.593. The van der Waals surface area contributed by atoms with Gasteiger partial charge in [-0.2, -0.15) is 0 Å². The SMILES string of the molecule is C[C@@H](c1ccc(Sc2cccc(OCCCO)c2)nc1)N1CCN(C2CCCCCC2)CC1. The number of hydrogen-bond acceptors (Lipinski definition) is 6. The Morgan fingerprint density at radius 3 is 2.55 bits per heavy atom. The Morgan fingerprint density at radius 1 is 1.06 bits per heavy atom. The molecule has 0 spiro atoms. The highest BCUT2D eigenvalue weighted by molar-refractivity contribution is 7.99. The molecule has 6 heteroatoms. The van der Waals surface area contributed by atoms with E-state index in [0.717, 1.165) is 34.8 Å². The summed E-state index contributed by atoms with van der Waals surface area (Å²) in [4.78, 5) is 11.2. The summed E-state index contributed by atoms with van der Waals surface area (Å²) >= 11 is 1.65. The summed E-state index contributed by atoms with van der Waals surface area (Å²) in [5.41, 5.74) is 1.29. The summed E-state index contributed by atoms with van der Waals surface area (Å²) in [5, 5.41) is 9.91. The highest BCUT2D eigenvalue weighted by Crippen LogP contribution is 2.31. The lowest BCUT2D eigenvalue weighted by Gasteiger charge is -2.41. The van der Waals surface area contributed by atoms with Crippen LogP contribution in [0, 0.1) is 0 Å². The van der Waals surface area contributed by atoms with Crippen LogP contribution in [0.3, 0.4) is 0 Å². The van der Waals surface area contributed by atoms with Crippen molar-refractivity contribution in [1.29, 1.82) is 0 Å². The van der Waals surface area contributed by atoms with Crippen molar-refractivity contribution in [2.45, 2.75) is 73.9 Å². The predicted molar refractivity (Wildman–Crippen MR) is 135 cm³/mol. The lowest BCUT2D eigenvalue weighted by Crippen LogP contribution is -2.50. The van der Waals surface area contributed by atoms with E-state index in [2.05, 4.69) is 34.9 Å². The summed E-state index contributed by atoms with van der Waals surface area (Å²) in [6.07, 6.45) is 11.2. The largest absolute Gasteiger partial charge is 0.493 e. The molecule has 2 heterocycles. The van der Waals surface area contributed by atoms with Crippen LogP contribution in [0.15, 0.2) is 52.5 Å². The van der Waals surface area contributed by atoms with E-state index >= 15 is 0 Å². The van der Waals surface area contributed by atoms with Gasteiger partial charge >= 0.3 is 0 Å². The molecule has 1 saturated carbocycles. The van der Waals surface area contributed by atoms with E-state index in [1.807, 2.05) is 24.4 Å². The molecule has 0 unspecified atom stereocenters. The first-order valence-corrected chi connectivity index (χ1v) is 13.5. The third kappa shape index (κ3) is 7.19. The van der Waals surface area contributed by atoms with Crippen molar-refractivity contribution in [2.75, 3.05) is 39.4 Å². The van der Waals surface area contributed by atoms with E-state index in [0.29, 0.717) is 19.1 Å². The van der Waals surface area contributed by atoms with Gasteiger partial charge in [0.15, 0.2) is 0 Å². The molecule has 1 aliphatic carbocycles. The molecule has 1 saturated heterocycles. The van der Waals surface area contributed by atoms with Crippen LogP contribution in [0.2, 0.25) is 0 Å². The Labute approximate surface area is 203 Å². The second-order valence-electron chi connectivity index (χ2n) is 9.33. The minimum absolute atomic E-state index is 0.152. The smallest absolute Gasteiger partial charge is 0.120 e. The van der Waals surface area contributed by atoms with Crippen molar-refractivity contribution in [3.8, 4) is 5.75 Å². The summed E-state index contributed by atoms with van der Waals surface area (Å²) in [5.74, 6) is 0.835. The van der Waals surface area contributed by atoms with Crippen molar-refractivity contribution >= 4 is 11.8 Å². The quantitative estimate of drug-likeness (QED) is 0.392. The van der Waals surface area contributed by atoms with Crippen LogP contribution in [0.4, 0.5) is 0 Å². The van der Waals surface area contributed by atoms with E-state index < -0.39 is 0 Å². The monoisotopic (exact) mass is 469 g/mol. The molecule has 4 rings (SSSR count). The van der Waals surface area contributed by atoms with Gasteiger partial charge in [0.2, 0.25) is 0 Å². The number of aliphatic hydroxyl groups excluding tert-OH is 1. The average Bonchev–Trinajstić information content (AvgIpc) is 3.14. The van der Waals surface area contributed by atoms with Gasteiger partial charge in [0.1, 0.15) is 10.8 Å². The number of benzene rings is 1. The number of rotatable bonds is 9. The van der Waals surface area contributed by atoms with E-state index in [1.165, 1.54) is 57.2 Å². The lowest BCUT2D eigenvalue weighted by atomic mass is 10.0. The lowest BCUT2D eigenvalue weighted by molar-refractivity contribution is 0.0680. The number of piperazine rings is 1. The molecule has 2 aromatic rings. The van der Waals surface area contributed by atoms with Crippen molar-refractivity contribution in [3.05, 3.63) is 48.2 Å². The van der Waals surface area contributed by atoms with Gasteiger partial charge in [0.05, 0.1) is 6.61 Å². The van der Waals surface area contributed by atoms with Gasteiger partial charge in [0, 0.05) is 62.4 Å². The van der Waals surface area contributed by atoms with Crippen LogP contribution >= 0.6 is 11.8 Å². The first kappa shape index (κ1) is 24.5. The molecule has 0 amide bonds. The maximum Gasteiger partial charge on any atom is 0.120 e. The number of nitrogens with zero attached hydrogens (tertiary/aromatic N) is 3. The fourth-order valence-electron chi connectivity index (χ4n) is 5.03. The van der Waals surface area contributed by atoms with Gasteiger partial charge in [-0.25, -0.2) is 4.98 Å². The molecule has 1 aromatic heterocycles. The zero-order chi connectivity index (χ0) is 22.9. The third-order valence-electron chi connectivity index (χ3n) is 7.08. The highest BCUT2D eigenvalue weighted by Gasteiger charge is 2.27. The zero-order valence-electron chi connectivity index (χ0n) is 20.0. The highest BCUT2D eigenvalue weighted by atomic mass is 32.2. The minimum Gasteiger partial charge on any atom is -0.493 e. The first-order valence-electron chi connectivity index (χ1n) is 12.7. The van der Waals surface area contributed by atoms with Gasteiger partial charge in [-0.15, -0.1) is 0 Å². The Morgan fingerprint density at radius 2 is 1.85 bits per heavy atom. The molecular weight excluding hydrogens is 430 g/mol. The van der Waals surface area contributed by atoms with Crippen LogP contribution in [-0.2, 0) is 0 Å². The molecule has 2 aliphatic rings. The fourth-order valence-corrected chi connectivity index (χ4v) is 5.83. The van der Waals surface area contributed by atoms with E-state index in [4.69, 9.17) is 14.8 Å². The molecule has 1 aliphatic heterocycles. The molecule has 180 valence electrons. The Balaban J connectivity index is 1.28. The molecule has 1 atom stereocenters. The number of pyridine rings is 1. The summed E-state index contributed by atoms with van der Waals surface area (Å²) in [6, 6.07) is 13.7. The van der Waals surface area contributed by atoms with Gasteiger partial charge in [-0.3, -0.25) is 9.80 Å². The van der Waals surface area contributed by atoms with Crippen LogP contribution < -0.4 is 4.74 Å².